The number of ether oxygens (including phenoxy) is 1. The standard InChI is InChI=1S/C21H20N2O2S/c1-12-8-13(2)19(14(3)9-12)22-21-23-20(24)18(26-21)11-15-4-5-17-16(10-15)6-7-25-17/h4-5,8-11H,6-7H2,1-3H3,(H,22,23,24). The summed E-state index contributed by atoms with van der Waals surface area (Å²) in [5.41, 5.74) is 6.57. The Balaban J connectivity index is 1.61. The van der Waals surface area contributed by atoms with E-state index in [1.54, 1.807) is 0 Å². The first-order valence-corrected chi connectivity index (χ1v) is 9.44. The third-order valence-corrected chi connectivity index (χ3v) is 5.42. The number of fused-ring (bicyclic) bond motifs is 1. The van der Waals surface area contributed by atoms with Crippen LogP contribution in [0, 0.1) is 20.8 Å². The van der Waals surface area contributed by atoms with Gasteiger partial charge in [-0.3, -0.25) is 4.79 Å². The van der Waals surface area contributed by atoms with Crippen LogP contribution in [-0.4, -0.2) is 17.7 Å². The Morgan fingerprint density at radius 1 is 1.15 bits per heavy atom. The van der Waals surface area contributed by atoms with Gasteiger partial charge in [0, 0.05) is 6.42 Å². The molecule has 2 aliphatic heterocycles. The minimum atomic E-state index is -0.104. The van der Waals surface area contributed by atoms with E-state index in [9.17, 15) is 4.79 Å². The lowest BCUT2D eigenvalue weighted by molar-refractivity contribution is -0.115. The second kappa shape index (κ2) is 6.65. The van der Waals surface area contributed by atoms with Gasteiger partial charge in [0.15, 0.2) is 5.17 Å². The monoisotopic (exact) mass is 364 g/mol. The highest BCUT2D eigenvalue weighted by Gasteiger charge is 2.24. The predicted molar refractivity (Wildman–Crippen MR) is 107 cm³/mol. The van der Waals surface area contributed by atoms with Crippen molar-refractivity contribution in [1.29, 1.82) is 0 Å². The van der Waals surface area contributed by atoms with Crippen LogP contribution in [-0.2, 0) is 11.2 Å². The fourth-order valence-electron chi connectivity index (χ4n) is 3.38. The van der Waals surface area contributed by atoms with Crippen LogP contribution in [0.25, 0.3) is 6.08 Å². The number of hydrogen-bond donors (Lipinski definition) is 1. The highest BCUT2D eigenvalue weighted by Crippen LogP contribution is 2.32. The number of amides is 1. The van der Waals surface area contributed by atoms with Gasteiger partial charge in [-0.2, -0.15) is 0 Å². The van der Waals surface area contributed by atoms with E-state index in [0.717, 1.165) is 41.2 Å². The van der Waals surface area contributed by atoms with Gasteiger partial charge in [0.2, 0.25) is 0 Å². The predicted octanol–water partition coefficient (Wildman–Crippen LogP) is 4.44. The van der Waals surface area contributed by atoms with Crippen LogP contribution in [0.1, 0.15) is 27.8 Å². The van der Waals surface area contributed by atoms with Crippen LogP contribution in [0.15, 0.2) is 40.2 Å². The number of carbonyl (C=O) groups excluding carboxylic acids is 1. The summed E-state index contributed by atoms with van der Waals surface area (Å²) in [6, 6.07) is 10.3. The summed E-state index contributed by atoms with van der Waals surface area (Å²) in [6.45, 7) is 6.90. The number of amidine groups is 1. The molecule has 1 N–H and O–H groups in total. The summed E-state index contributed by atoms with van der Waals surface area (Å²) in [7, 11) is 0. The van der Waals surface area contributed by atoms with Gasteiger partial charge in [-0.25, -0.2) is 4.99 Å². The third-order valence-electron chi connectivity index (χ3n) is 4.51. The second-order valence-corrected chi connectivity index (χ2v) is 7.73. The number of rotatable bonds is 2. The number of carbonyl (C=O) groups is 1. The van der Waals surface area contributed by atoms with Crippen LogP contribution < -0.4 is 10.1 Å². The fraction of sp³-hybridized carbons (Fsp3) is 0.238. The molecule has 26 heavy (non-hydrogen) atoms. The van der Waals surface area contributed by atoms with Crippen LogP contribution in [0.5, 0.6) is 5.75 Å². The largest absolute Gasteiger partial charge is 0.493 e. The number of aryl methyl sites for hydroxylation is 3. The fourth-order valence-corrected chi connectivity index (χ4v) is 4.21. The average molecular weight is 364 g/mol. The molecule has 4 nitrogen and oxygen atoms in total. The minimum Gasteiger partial charge on any atom is -0.493 e. The topological polar surface area (TPSA) is 50.7 Å². The molecular weight excluding hydrogens is 344 g/mol. The van der Waals surface area contributed by atoms with Crippen LogP contribution in [0.3, 0.4) is 0 Å². The molecule has 0 saturated carbocycles. The molecule has 2 heterocycles. The van der Waals surface area contributed by atoms with Gasteiger partial charge in [-0.05, 0) is 73.0 Å². The van der Waals surface area contributed by atoms with Gasteiger partial charge >= 0.3 is 0 Å². The lowest BCUT2D eigenvalue weighted by Crippen LogP contribution is -2.19. The number of nitrogens with zero attached hydrogens (tertiary/aromatic N) is 1. The maximum absolute atomic E-state index is 12.3. The normalized spacial score (nSPS) is 19.0. The Morgan fingerprint density at radius 2 is 1.92 bits per heavy atom. The number of thioether (sulfide) groups is 1. The number of benzene rings is 2. The van der Waals surface area contributed by atoms with Crippen LogP contribution >= 0.6 is 11.8 Å². The lowest BCUT2D eigenvalue weighted by Gasteiger charge is -2.07. The van der Waals surface area contributed by atoms with E-state index in [-0.39, 0.29) is 5.91 Å². The molecule has 132 valence electrons. The van der Waals surface area contributed by atoms with Crippen molar-refractivity contribution < 1.29 is 9.53 Å². The Hall–Kier alpha value is -2.53. The smallest absolute Gasteiger partial charge is 0.264 e. The summed E-state index contributed by atoms with van der Waals surface area (Å²) < 4.78 is 5.53. The van der Waals surface area contributed by atoms with Gasteiger partial charge in [0.25, 0.3) is 5.91 Å². The first kappa shape index (κ1) is 16.9. The SMILES string of the molecule is Cc1cc(C)c(N=C2NC(=O)C(=Cc3ccc4c(c3)CCO4)S2)c(C)c1. The van der Waals surface area contributed by atoms with E-state index in [1.807, 2.05) is 32.1 Å². The van der Waals surface area contributed by atoms with Gasteiger partial charge in [-0.1, -0.05) is 23.8 Å². The zero-order chi connectivity index (χ0) is 18.3. The summed E-state index contributed by atoms with van der Waals surface area (Å²) in [4.78, 5) is 17.7. The summed E-state index contributed by atoms with van der Waals surface area (Å²) in [6.07, 6.45) is 2.83. The van der Waals surface area contributed by atoms with Crippen molar-refractivity contribution >= 4 is 34.6 Å². The van der Waals surface area contributed by atoms with E-state index >= 15 is 0 Å². The van der Waals surface area contributed by atoms with E-state index < -0.39 is 0 Å². The van der Waals surface area contributed by atoms with Crippen molar-refractivity contribution in [2.75, 3.05) is 6.61 Å². The van der Waals surface area contributed by atoms with Crippen molar-refractivity contribution in [3.63, 3.8) is 0 Å². The Morgan fingerprint density at radius 3 is 2.69 bits per heavy atom. The molecule has 0 spiro atoms. The second-order valence-electron chi connectivity index (χ2n) is 6.69. The van der Waals surface area contributed by atoms with E-state index in [2.05, 4.69) is 35.4 Å². The molecule has 0 aliphatic carbocycles. The van der Waals surface area contributed by atoms with E-state index in [0.29, 0.717) is 10.1 Å². The van der Waals surface area contributed by atoms with Gasteiger partial charge in [0.1, 0.15) is 5.75 Å². The minimum absolute atomic E-state index is 0.104. The molecule has 1 saturated heterocycles. The van der Waals surface area contributed by atoms with Crippen LogP contribution in [0.4, 0.5) is 5.69 Å². The average Bonchev–Trinajstić information content (AvgIpc) is 3.17. The number of aliphatic imine (C=N–C) groups is 1. The van der Waals surface area contributed by atoms with Crippen molar-refractivity contribution in [3.8, 4) is 5.75 Å². The van der Waals surface area contributed by atoms with Crippen LogP contribution in [0.2, 0.25) is 0 Å². The van der Waals surface area contributed by atoms with Gasteiger partial charge < -0.3 is 10.1 Å². The summed E-state index contributed by atoms with van der Waals surface area (Å²) >= 11 is 1.38. The van der Waals surface area contributed by atoms with E-state index in [4.69, 9.17) is 4.74 Å². The van der Waals surface area contributed by atoms with Crippen molar-refractivity contribution in [2.24, 2.45) is 4.99 Å². The maximum atomic E-state index is 12.3. The molecule has 2 aromatic rings. The number of hydrogen-bond acceptors (Lipinski definition) is 4. The van der Waals surface area contributed by atoms with E-state index in [1.165, 1.54) is 22.9 Å². The molecule has 0 unspecified atom stereocenters. The molecule has 5 heteroatoms. The zero-order valence-electron chi connectivity index (χ0n) is 15.1. The highest BCUT2D eigenvalue weighted by molar-refractivity contribution is 8.18. The zero-order valence-corrected chi connectivity index (χ0v) is 15.9. The Kier molecular flexibility index (Phi) is 4.32. The van der Waals surface area contributed by atoms with Gasteiger partial charge in [0.05, 0.1) is 17.2 Å². The molecule has 0 atom stereocenters. The van der Waals surface area contributed by atoms with Crippen molar-refractivity contribution in [1.82, 2.24) is 5.32 Å². The molecule has 0 bridgehead atoms. The summed E-state index contributed by atoms with van der Waals surface area (Å²) in [5, 5.41) is 3.50. The molecule has 1 amide bonds. The maximum Gasteiger partial charge on any atom is 0.264 e. The van der Waals surface area contributed by atoms with Crippen molar-refractivity contribution in [3.05, 3.63) is 63.1 Å². The highest BCUT2D eigenvalue weighted by atomic mass is 32.2. The first-order valence-electron chi connectivity index (χ1n) is 8.63. The Labute approximate surface area is 157 Å². The molecular formula is C21H20N2O2S. The summed E-state index contributed by atoms with van der Waals surface area (Å²) in [5.74, 6) is 0.844. The third kappa shape index (κ3) is 3.27. The molecule has 0 radical (unpaired) electrons. The lowest BCUT2D eigenvalue weighted by atomic mass is 10.1. The molecule has 1 fully saturated rings. The Bertz CT molecular complexity index is 953. The van der Waals surface area contributed by atoms with Crippen molar-refractivity contribution in [2.45, 2.75) is 27.2 Å². The molecule has 0 aromatic heterocycles. The first-order chi connectivity index (χ1) is 12.5. The number of nitrogens with one attached hydrogen (secondary N) is 1. The van der Waals surface area contributed by atoms with Gasteiger partial charge in [-0.15, -0.1) is 0 Å². The quantitative estimate of drug-likeness (QED) is 0.802. The molecule has 2 aliphatic rings. The molecule has 4 rings (SSSR count). The molecule has 2 aromatic carbocycles.